The number of anilines is 2. The molecule has 24 heavy (non-hydrogen) atoms. The predicted octanol–water partition coefficient (Wildman–Crippen LogP) is 3.24. The van der Waals surface area contributed by atoms with Gasteiger partial charge in [-0.05, 0) is 31.0 Å². The first kappa shape index (κ1) is 17.9. The zero-order valence-corrected chi connectivity index (χ0v) is 14.9. The summed E-state index contributed by atoms with van der Waals surface area (Å²) < 4.78 is 0. The van der Waals surface area contributed by atoms with E-state index in [2.05, 4.69) is 34.8 Å². The van der Waals surface area contributed by atoms with Gasteiger partial charge in [-0.2, -0.15) is 0 Å². The first-order valence-corrected chi connectivity index (χ1v) is 8.66. The SMILES string of the molecule is CC[C@@H](C)Nc1ncc(C(=O)NCc2cccc(NC(C)=O)c2)s1. The molecule has 7 heteroatoms. The molecule has 0 bridgehead atoms. The van der Waals surface area contributed by atoms with Crippen molar-refractivity contribution in [3.8, 4) is 0 Å². The number of carbonyl (C=O) groups excluding carboxylic acids is 2. The van der Waals surface area contributed by atoms with E-state index in [4.69, 9.17) is 0 Å². The van der Waals surface area contributed by atoms with E-state index in [9.17, 15) is 9.59 Å². The number of carbonyl (C=O) groups is 2. The highest BCUT2D eigenvalue weighted by atomic mass is 32.1. The highest BCUT2D eigenvalue weighted by Gasteiger charge is 2.11. The molecule has 6 nitrogen and oxygen atoms in total. The minimum absolute atomic E-state index is 0.123. The number of hydrogen-bond acceptors (Lipinski definition) is 5. The maximum Gasteiger partial charge on any atom is 0.263 e. The largest absolute Gasteiger partial charge is 0.359 e. The van der Waals surface area contributed by atoms with Crippen LogP contribution in [0.4, 0.5) is 10.8 Å². The Morgan fingerprint density at radius 2 is 2.12 bits per heavy atom. The molecule has 1 aromatic carbocycles. The Bertz CT molecular complexity index is 714. The second-order valence-corrected chi connectivity index (χ2v) is 6.58. The Labute approximate surface area is 145 Å². The van der Waals surface area contributed by atoms with Gasteiger partial charge in [-0.3, -0.25) is 9.59 Å². The Hall–Kier alpha value is -2.41. The van der Waals surface area contributed by atoms with Crippen molar-refractivity contribution in [2.45, 2.75) is 39.8 Å². The van der Waals surface area contributed by atoms with Gasteiger partial charge in [0, 0.05) is 25.2 Å². The average molecular weight is 346 g/mol. The number of aromatic nitrogens is 1. The van der Waals surface area contributed by atoms with E-state index >= 15 is 0 Å². The fourth-order valence-electron chi connectivity index (χ4n) is 1.99. The maximum absolute atomic E-state index is 12.2. The van der Waals surface area contributed by atoms with Crippen LogP contribution >= 0.6 is 11.3 Å². The molecule has 0 saturated carbocycles. The Morgan fingerprint density at radius 1 is 1.33 bits per heavy atom. The second kappa shape index (κ2) is 8.44. The quantitative estimate of drug-likeness (QED) is 0.719. The van der Waals surface area contributed by atoms with Crippen molar-refractivity contribution in [3.63, 3.8) is 0 Å². The molecule has 1 atom stereocenters. The molecule has 128 valence electrons. The fourth-order valence-corrected chi connectivity index (χ4v) is 2.83. The van der Waals surface area contributed by atoms with Crippen molar-refractivity contribution in [3.05, 3.63) is 40.9 Å². The summed E-state index contributed by atoms with van der Waals surface area (Å²) in [5.41, 5.74) is 1.63. The van der Waals surface area contributed by atoms with Gasteiger partial charge >= 0.3 is 0 Å². The van der Waals surface area contributed by atoms with Gasteiger partial charge in [-0.15, -0.1) is 0 Å². The van der Waals surface area contributed by atoms with Crippen molar-refractivity contribution in [1.29, 1.82) is 0 Å². The average Bonchev–Trinajstić information content (AvgIpc) is 3.00. The van der Waals surface area contributed by atoms with Crippen LogP contribution in [0.1, 0.15) is 42.4 Å². The van der Waals surface area contributed by atoms with E-state index in [-0.39, 0.29) is 11.8 Å². The highest BCUT2D eigenvalue weighted by molar-refractivity contribution is 7.17. The minimum atomic E-state index is -0.158. The number of rotatable bonds is 7. The fraction of sp³-hybridized carbons (Fsp3) is 0.353. The molecule has 0 saturated heterocycles. The monoisotopic (exact) mass is 346 g/mol. The molecule has 2 rings (SSSR count). The Kier molecular flexibility index (Phi) is 6.31. The van der Waals surface area contributed by atoms with Crippen LogP contribution in [-0.4, -0.2) is 22.8 Å². The highest BCUT2D eigenvalue weighted by Crippen LogP contribution is 2.19. The number of nitrogens with zero attached hydrogens (tertiary/aromatic N) is 1. The van der Waals surface area contributed by atoms with Crippen LogP contribution in [0.5, 0.6) is 0 Å². The van der Waals surface area contributed by atoms with Gasteiger partial charge in [-0.1, -0.05) is 30.4 Å². The number of hydrogen-bond donors (Lipinski definition) is 3. The number of nitrogens with one attached hydrogen (secondary N) is 3. The molecule has 1 aromatic heterocycles. The molecular weight excluding hydrogens is 324 g/mol. The van der Waals surface area contributed by atoms with E-state index in [1.165, 1.54) is 18.3 Å². The van der Waals surface area contributed by atoms with E-state index in [1.807, 2.05) is 24.3 Å². The molecular formula is C17H22N4O2S. The van der Waals surface area contributed by atoms with Gasteiger partial charge in [-0.25, -0.2) is 4.98 Å². The topological polar surface area (TPSA) is 83.1 Å². The summed E-state index contributed by atoms with van der Waals surface area (Å²) in [6.45, 7) is 6.01. The lowest BCUT2D eigenvalue weighted by Crippen LogP contribution is -2.21. The number of amides is 2. The Morgan fingerprint density at radius 3 is 2.83 bits per heavy atom. The first-order valence-electron chi connectivity index (χ1n) is 7.85. The molecule has 1 heterocycles. The van der Waals surface area contributed by atoms with Crippen molar-refractivity contribution < 1.29 is 9.59 Å². The third-order valence-electron chi connectivity index (χ3n) is 3.41. The molecule has 2 aromatic rings. The van der Waals surface area contributed by atoms with Gasteiger partial charge in [0.25, 0.3) is 5.91 Å². The van der Waals surface area contributed by atoms with E-state index < -0.39 is 0 Å². The summed E-state index contributed by atoms with van der Waals surface area (Å²) in [4.78, 5) is 28.1. The van der Waals surface area contributed by atoms with E-state index in [0.717, 1.165) is 17.1 Å². The standard InChI is InChI=1S/C17H22N4O2S/c1-4-11(2)20-17-19-10-15(24-17)16(23)18-9-13-6-5-7-14(8-13)21-12(3)22/h5-8,10-11H,4,9H2,1-3H3,(H,18,23)(H,19,20)(H,21,22)/t11-/m1/s1. The summed E-state index contributed by atoms with van der Waals surface area (Å²) in [6, 6.07) is 7.71. The minimum Gasteiger partial charge on any atom is -0.359 e. The van der Waals surface area contributed by atoms with Crippen molar-refractivity contribution in [2.24, 2.45) is 0 Å². The first-order chi connectivity index (χ1) is 11.5. The molecule has 0 radical (unpaired) electrons. The van der Waals surface area contributed by atoms with Gasteiger partial charge < -0.3 is 16.0 Å². The summed E-state index contributed by atoms with van der Waals surface area (Å²) in [5.74, 6) is -0.281. The summed E-state index contributed by atoms with van der Waals surface area (Å²) in [5, 5.41) is 9.60. The summed E-state index contributed by atoms with van der Waals surface area (Å²) in [6.07, 6.45) is 2.57. The zero-order chi connectivity index (χ0) is 17.5. The predicted molar refractivity (Wildman–Crippen MR) is 97.4 cm³/mol. The summed E-state index contributed by atoms with van der Waals surface area (Å²) >= 11 is 1.34. The molecule has 2 amide bonds. The molecule has 0 fully saturated rings. The zero-order valence-electron chi connectivity index (χ0n) is 14.1. The third-order valence-corrected chi connectivity index (χ3v) is 4.34. The lowest BCUT2D eigenvalue weighted by atomic mass is 10.2. The smallest absolute Gasteiger partial charge is 0.263 e. The maximum atomic E-state index is 12.2. The van der Waals surface area contributed by atoms with Crippen LogP contribution in [0.15, 0.2) is 30.5 Å². The van der Waals surface area contributed by atoms with Crippen molar-refractivity contribution in [2.75, 3.05) is 10.6 Å². The Balaban J connectivity index is 1.92. The van der Waals surface area contributed by atoms with Gasteiger partial charge in [0.2, 0.25) is 5.91 Å². The van der Waals surface area contributed by atoms with Crippen LogP contribution in [0.3, 0.4) is 0 Å². The molecule has 3 N–H and O–H groups in total. The molecule has 0 aliphatic carbocycles. The lowest BCUT2D eigenvalue weighted by molar-refractivity contribution is -0.114. The third kappa shape index (κ3) is 5.34. The molecule has 0 aliphatic rings. The van der Waals surface area contributed by atoms with Crippen LogP contribution in [0, 0.1) is 0 Å². The van der Waals surface area contributed by atoms with Gasteiger partial charge in [0.1, 0.15) is 4.88 Å². The van der Waals surface area contributed by atoms with E-state index in [0.29, 0.717) is 23.2 Å². The van der Waals surface area contributed by atoms with Crippen LogP contribution in [-0.2, 0) is 11.3 Å². The second-order valence-electron chi connectivity index (χ2n) is 5.55. The van der Waals surface area contributed by atoms with E-state index in [1.54, 1.807) is 6.20 Å². The summed E-state index contributed by atoms with van der Waals surface area (Å²) in [7, 11) is 0. The van der Waals surface area contributed by atoms with Gasteiger partial charge in [0.05, 0.1) is 6.20 Å². The van der Waals surface area contributed by atoms with Crippen LogP contribution in [0.25, 0.3) is 0 Å². The normalized spacial score (nSPS) is 11.6. The number of thiazole rings is 1. The van der Waals surface area contributed by atoms with Crippen molar-refractivity contribution >= 4 is 34.0 Å². The molecule has 0 spiro atoms. The molecule has 0 unspecified atom stereocenters. The molecule has 0 aliphatic heterocycles. The van der Waals surface area contributed by atoms with Gasteiger partial charge in [0.15, 0.2) is 5.13 Å². The van der Waals surface area contributed by atoms with Crippen LogP contribution in [0.2, 0.25) is 0 Å². The lowest BCUT2D eigenvalue weighted by Gasteiger charge is -2.08. The van der Waals surface area contributed by atoms with Crippen molar-refractivity contribution in [1.82, 2.24) is 10.3 Å². The van der Waals surface area contributed by atoms with Crippen LogP contribution < -0.4 is 16.0 Å². The number of benzene rings is 1.